The first-order chi connectivity index (χ1) is 9.60. The molecular weight excluding hydrogens is 271 g/mol. The number of pyridine rings is 1. The molecule has 0 saturated heterocycles. The molecule has 0 saturated carbocycles. The summed E-state index contributed by atoms with van der Waals surface area (Å²) in [5, 5.41) is 33.0. The van der Waals surface area contributed by atoms with Gasteiger partial charge in [0, 0.05) is 6.20 Å². The molecule has 1 rings (SSSR count). The van der Waals surface area contributed by atoms with Crippen molar-refractivity contribution in [2.45, 2.75) is 6.92 Å². The zero-order valence-corrected chi connectivity index (χ0v) is 11.1. The molecule has 20 heavy (non-hydrogen) atoms. The molecule has 0 radical (unpaired) electrons. The minimum Gasteiger partial charge on any atom is -0.498 e. The van der Waals surface area contributed by atoms with E-state index in [2.05, 4.69) is 25.0 Å². The van der Waals surface area contributed by atoms with Crippen molar-refractivity contribution in [2.24, 2.45) is 0 Å². The summed E-state index contributed by atoms with van der Waals surface area (Å²) in [6, 6.07) is 3.33. The zero-order chi connectivity index (χ0) is 15.2. The Kier molecular flexibility index (Phi) is 11.9. The maximum absolute atomic E-state index is 8.37. The first-order valence-corrected chi connectivity index (χ1v) is 5.76. The molecule has 0 fully saturated rings. The van der Waals surface area contributed by atoms with Crippen LogP contribution in [-0.2, 0) is 9.68 Å². The van der Waals surface area contributed by atoms with Gasteiger partial charge < -0.3 is 24.9 Å². The molecule has 0 unspecified atom stereocenters. The molecule has 9 nitrogen and oxygen atoms in total. The molecule has 0 aromatic carbocycles. The Labute approximate surface area is 116 Å². The van der Waals surface area contributed by atoms with Gasteiger partial charge in [0.25, 0.3) is 0 Å². The van der Waals surface area contributed by atoms with Crippen LogP contribution in [0.4, 0.5) is 0 Å². The quantitative estimate of drug-likeness (QED) is 0.213. The summed E-state index contributed by atoms with van der Waals surface area (Å²) in [7, 11) is -1.80. The number of rotatable bonds is 8. The highest BCUT2D eigenvalue weighted by Crippen LogP contribution is 2.05. The number of hydrogen-bond acceptors (Lipinski definition) is 9. The van der Waals surface area contributed by atoms with E-state index in [1.807, 2.05) is 6.92 Å². The lowest BCUT2D eigenvalue weighted by Gasteiger charge is -2.01. The van der Waals surface area contributed by atoms with Crippen LogP contribution in [0.3, 0.4) is 0 Å². The van der Waals surface area contributed by atoms with Gasteiger partial charge in [0.05, 0.1) is 26.4 Å². The Morgan fingerprint density at radius 2 is 1.75 bits per heavy atom. The van der Waals surface area contributed by atoms with E-state index in [4.69, 9.17) is 20.3 Å². The molecule has 0 aliphatic carbocycles. The molecule has 0 atom stereocenters. The maximum atomic E-state index is 8.37. The Morgan fingerprint density at radius 1 is 1.15 bits per heavy atom. The van der Waals surface area contributed by atoms with Gasteiger partial charge in [-0.1, -0.05) is 11.7 Å². The Balaban J connectivity index is 0.000000370. The Hall–Kier alpha value is -1.27. The van der Waals surface area contributed by atoms with Gasteiger partial charge in [-0.15, -0.1) is 0 Å². The van der Waals surface area contributed by atoms with Gasteiger partial charge in [-0.3, -0.25) is 9.68 Å². The molecule has 0 aliphatic rings. The SMILES string of the molecule is Cc1ccc(OB(O)O)nc1.OCCONOCCO. The van der Waals surface area contributed by atoms with E-state index >= 15 is 0 Å². The third-order valence-electron chi connectivity index (χ3n) is 1.61. The highest BCUT2D eigenvalue weighted by atomic mass is 16.9. The van der Waals surface area contributed by atoms with Crippen molar-refractivity contribution < 1.29 is 34.6 Å². The number of nitrogens with one attached hydrogen (secondary N) is 1. The van der Waals surface area contributed by atoms with Crippen molar-refractivity contribution in [2.75, 3.05) is 26.4 Å². The predicted molar refractivity (Wildman–Crippen MR) is 69.0 cm³/mol. The van der Waals surface area contributed by atoms with Crippen molar-refractivity contribution in [1.29, 1.82) is 0 Å². The number of nitrogens with zero attached hydrogens (tertiary/aromatic N) is 1. The number of aryl methyl sites for hydroxylation is 1. The van der Waals surface area contributed by atoms with Gasteiger partial charge in [-0.05, 0) is 18.6 Å². The monoisotopic (exact) mass is 290 g/mol. The van der Waals surface area contributed by atoms with E-state index < -0.39 is 7.32 Å². The smallest absolute Gasteiger partial charge is 0.498 e. The molecule has 1 aromatic rings. The van der Waals surface area contributed by atoms with Gasteiger partial charge in [0.15, 0.2) is 5.88 Å². The lowest BCUT2D eigenvalue weighted by atomic mass is 10.2. The Morgan fingerprint density at radius 3 is 2.15 bits per heavy atom. The molecule has 1 aromatic heterocycles. The van der Waals surface area contributed by atoms with Crippen LogP contribution < -0.4 is 10.3 Å². The second-order valence-corrected chi connectivity index (χ2v) is 3.35. The lowest BCUT2D eigenvalue weighted by Crippen LogP contribution is -2.21. The maximum Gasteiger partial charge on any atom is 0.708 e. The zero-order valence-electron chi connectivity index (χ0n) is 11.1. The van der Waals surface area contributed by atoms with Gasteiger partial charge in [-0.25, -0.2) is 4.98 Å². The van der Waals surface area contributed by atoms with Crippen LogP contribution in [0, 0.1) is 6.92 Å². The Bertz CT molecular complexity index is 320. The van der Waals surface area contributed by atoms with E-state index in [1.165, 1.54) is 0 Å². The minimum absolute atomic E-state index is 0.0600. The van der Waals surface area contributed by atoms with Gasteiger partial charge in [-0.2, -0.15) is 0 Å². The summed E-state index contributed by atoms with van der Waals surface area (Å²) < 4.78 is 4.47. The summed E-state index contributed by atoms with van der Waals surface area (Å²) in [5.41, 5.74) is 3.06. The normalized spacial score (nSPS) is 9.65. The predicted octanol–water partition coefficient (Wildman–Crippen LogP) is -1.84. The summed E-state index contributed by atoms with van der Waals surface area (Å²) >= 11 is 0. The average molecular weight is 290 g/mol. The molecule has 114 valence electrons. The lowest BCUT2D eigenvalue weighted by molar-refractivity contribution is -0.178. The summed E-state index contributed by atoms with van der Waals surface area (Å²) in [5.74, 6) is 0.200. The van der Waals surface area contributed by atoms with Crippen LogP contribution in [0.15, 0.2) is 18.3 Å². The fraction of sp³-hybridized carbons (Fsp3) is 0.500. The van der Waals surface area contributed by atoms with Gasteiger partial charge >= 0.3 is 7.32 Å². The minimum atomic E-state index is -1.80. The molecule has 10 heteroatoms. The largest absolute Gasteiger partial charge is 0.708 e. The van der Waals surface area contributed by atoms with E-state index in [0.29, 0.717) is 0 Å². The molecule has 0 amide bonds. The topological polar surface area (TPSA) is 134 Å². The van der Waals surface area contributed by atoms with Crippen LogP contribution in [0.25, 0.3) is 0 Å². The van der Waals surface area contributed by atoms with Crippen LogP contribution in [0.2, 0.25) is 0 Å². The van der Waals surface area contributed by atoms with Crippen LogP contribution >= 0.6 is 0 Å². The molecule has 0 spiro atoms. The van der Waals surface area contributed by atoms with E-state index in [-0.39, 0.29) is 32.3 Å². The third-order valence-corrected chi connectivity index (χ3v) is 1.61. The third kappa shape index (κ3) is 11.8. The first kappa shape index (κ1) is 18.7. The number of aromatic nitrogens is 1. The van der Waals surface area contributed by atoms with Crippen LogP contribution in [-0.4, -0.2) is 59.0 Å². The number of aliphatic hydroxyl groups excluding tert-OH is 2. The second kappa shape index (κ2) is 12.8. The summed E-state index contributed by atoms with van der Waals surface area (Å²) in [4.78, 5) is 12.7. The van der Waals surface area contributed by atoms with Gasteiger partial charge in [0.2, 0.25) is 0 Å². The van der Waals surface area contributed by atoms with E-state index in [9.17, 15) is 0 Å². The molecule has 1 heterocycles. The van der Waals surface area contributed by atoms with Crippen molar-refractivity contribution in [3.8, 4) is 5.88 Å². The fourth-order valence-corrected chi connectivity index (χ4v) is 0.848. The number of hydrogen-bond donors (Lipinski definition) is 5. The highest BCUT2D eigenvalue weighted by Gasteiger charge is 2.10. The standard InChI is InChI=1S/C6H8BNO3.C4H11NO4/c1-5-2-3-6(8-4-5)11-7(9)10;6-1-3-8-5-9-4-2-7/h2-4,9-10H,1H3;5-7H,1-4H2. The fourth-order valence-electron chi connectivity index (χ4n) is 0.848. The molecule has 5 N–H and O–H groups in total. The number of aliphatic hydroxyl groups is 2. The molecular formula is C10H19BN2O7. The molecule has 0 bridgehead atoms. The van der Waals surface area contributed by atoms with Crippen molar-refractivity contribution in [3.63, 3.8) is 0 Å². The summed E-state index contributed by atoms with van der Waals surface area (Å²) in [6.07, 6.45) is 1.58. The first-order valence-electron chi connectivity index (χ1n) is 5.76. The van der Waals surface area contributed by atoms with E-state index in [0.717, 1.165) is 5.56 Å². The van der Waals surface area contributed by atoms with Crippen LogP contribution in [0.5, 0.6) is 5.88 Å². The highest BCUT2D eigenvalue weighted by molar-refractivity contribution is 6.33. The van der Waals surface area contributed by atoms with E-state index in [1.54, 1.807) is 18.3 Å². The van der Waals surface area contributed by atoms with Crippen molar-refractivity contribution in [1.82, 2.24) is 10.6 Å². The van der Waals surface area contributed by atoms with Crippen LogP contribution in [0.1, 0.15) is 5.56 Å². The summed E-state index contributed by atoms with van der Waals surface area (Å²) in [6.45, 7) is 2.11. The van der Waals surface area contributed by atoms with Crippen molar-refractivity contribution >= 4 is 7.32 Å². The average Bonchev–Trinajstić information content (AvgIpc) is 2.42. The van der Waals surface area contributed by atoms with Crippen molar-refractivity contribution in [3.05, 3.63) is 23.9 Å². The second-order valence-electron chi connectivity index (χ2n) is 3.35. The molecule has 0 aliphatic heterocycles. The van der Waals surface area contributed by atoms with Gasteiger partial charge in [0.1, 0.15) is 0 Å².